The summed E-state index contributed by atoms with van der Waals surface area (Å²) < 4.78 is 12.9. The Morgan fingerprint density at radius 3 is 1.25 bits per heavy atom. The lowest BCUT2D eigenvalue weighted by Gasteiger charge is -2.27. The van der Waals surface area contributed by atoms with Gasteiger partial charge in [-0.1, -0.05) is 182 Å². The van der Waals surface area contributed by atoms with Crippen molar-refractivity contribution in [3.63, 3.8) is 0 Å². The summed E-state index contributed by atoms with van der Waals surface area (Å²) in [5.74, 6) is 0. The maximum Gasteiger partial charge on any atom is 0.143 e. The molecule has 0 amide bonds. The molecule has 0 saturated heterocycles. The molecule has 0 aliphatic heterocycles. The Labute approximate surface area is 365 Å². The van der Waals surface area contributed by atoms with Gasteiger partial charge in [-0.05, 0) is 99.1 Å². The largest absolute Gasteiger partial charge is 0.455 e. The van der Waals surface area contributed by atoms with Gasteiger partial charge in [0.2, 0.25) is 0 Å². The number of furan rings is 2. The molecule has 3 heteroatoms. The molecule has 0 radical (unpaired) electrons. The molecule has 2 aromatic heterocycles. The second-order valence-electron chi connectivity index (χ2n) is 16.0. The van der Waals surface area contributed by atoms with Gasteiger partial charge in [0.1, 0.15) is 22.3 Å². The van der Waals surface area contributed by atoms with E-state index >= 15 is 0 Å². The lowest BCUT2D eigenvalue weighted by atomic mass is 9.91. The van der Waals surface area contributed by atoms with Crippen LogP contribution in [0.2, 0.25) is 0 Å². The molecule has 63 heavy (non-hydrogen) atoms. The molecule has 10 aromatic carbocycles. The molecule has 296 valence electrons. The third-order valence-electron chi connectivity index (χ3n) is 12.3. The third-order valence-corrected chi connectivity index (χ3v) is 12.3. The van der Waals surface area contributed by atoms with E-state index in [1.807, 2.05) is 24.3 Å². The minimum absolute atomic E-state index is 0.898. The van der Waals surface area contributed by atoms with Crippen molar-refractivity contribution in [2.75, 3.05) is 4.90 Å². The van der Waals surface area contributed by atoms with Gasteiger partial charge in [0.05, 0.1) is 0 Å². The Kier molecular flexibility index (Phi) is 8.83. The van der Waals surface area contributed by atoms with Crippen molar-refractivity contribution in [3.8, 4) is 55.6 Å². The Bertz CT molecular complexity index is 3600. The number of hydrogen-bond donors (Lipinski definition) is 0. The molecule has 3 nitrogen and oxygen atoms in total. The second-order valence-corrected chi connectivity index (χ2v) is 16.0. The van der Waals surface area contributed by atoms with E-state index < -0.39 is 0 Å². The summed E-state index contributed by atoms with van der Waals surface area (Å²) in [5.41, 5.74) is 18.1. The van der Waals surface area contributed by atoms with E-state index in [0.29, 0.717) is 0 Å². The van der Waals surface area contributed by atoms with Gasteiger partial charge in [0.15, 0.2) is 0 Å². The quantitative estimate of drug-likeness (QED) is 0.153. The minimum atomic E-state index is 0.898. The van der Waals surface area contributed by atoms with Crippen LogP contribution in [0.3, 0.4) is 0 Å². The SMILES string of the molecule is c1ccc(-c2ccc(N(c3ccc(-c4cccc5c4oc4ccccc45)cc3)c3ccc(-c4cccc(-c5cccc6c5oc5ccccc56)c4)c(-c4ccccc4)c3)cc2)cc1. The second kappa shape index (κ2) is 15.3. The molecule has 12 rings (SSSR count). The van der Waals surface area contributed by atoms with Crippen LogP contribution in [-0.2, 0) is 0 Å². The van der Waals surface area contributed by atoms with Gasteiger partial charge in [0, 0.05) is 49.7 Å². The van der Waals surface area contributed by atoms with Crippen LogP contribution in [0.1, 0.15) is 0 Å². The predicted molar refractivity (Wildman–Crippen MR) is 263 cm³/mol. The molecule has 0 spiro atoms. The van der Waals surface area contributed by atoms with Gasteiger partial charge < -0.3 is 13.7 Å². The predicted octanol–water partition coefficient (Wildman–Crippen LogP) is 17.3. The first-order chi connectivity index (χ1) is 31.2. The maximum absolute atomic E-state index is 6.49. The highest BCUT2D eigenvalue weighted by Crippen LogP contribution is 2.44. The van der Waals surface area contributed by atoms with E-state index in [9.17, 15) is 0 Å². The summed E-state index contributed by atoms with van der Waals surface area (Å²) in [4.78, 5) is 2.36. The average molecular weight is 806 g/mol. The number of para-hydroxylation sites is 4. The summed E-state index contributed by atoms with van der Waals surface area (Å²) in [7, 11) is 0. The van der Waals surface area contributed by atoms with Crippen LogP contribution in [0.4, 0.5) is 17.1 Å². The fourth-order valence-corrected chi connectivity index (χ4v) is 9.25. The van der Waals surface area contributed by atoms with Crippen molar-refractivity contribution < 1.29 is 8.83 Å². The molecule has 0 unspecified atom stereocenters. The summed E-state index contributed by atoms with van der Waals surface area (Å²) in [6.45, 7) is 0. The smallest absolute Gasteiger partial charge is 0.143 e. The lowest BCUT2D eigenvalue weighted by Crippen LogP contribution is -2.10. The molecule has 0 atom stereocenters. The van der Waals surface area contributed by atoms with Crippen LogP contribution < -0.4 is 4.90 Å². The zero-order valence-electron chi connectivity index (χ0n) is 34.3. The maximum atomic E-state index is 6.49. The zero-order chi connectivity index (χ0) is 41.7. The molecule has 0 fully saturated rings. The van der Waals surface area contributed by atoms with Gasteiger partial charge in [-0.15, -0.1) is 0 Å². The van der Waals surface area contributed by atoms with Crippen molar-refractivity contribution >= 4 is 60.9 Å². The molecular weight excluding hydrogens is 767 g/mol. The standard InChI is InChI=1S/C60H39NO2/c1-3-14-40(15-4-1)41-28-32-46(33-29-41)61(47-34-30-43(31-35-47)50-22-12-24-54-52-20-7-9-26-57(52)62-59(50)54)48-36-37-49(56(39-48)42-16-5-2-6-17-42)44-18-11-19-45(38-44)51-23-13-25-55-53-21-8-10-27-58(53)63-60(51)55/h1-39H. The molecule has 0 aliphatic carbocycles. The van der Waals surface area contributed by atoms with Crippen molar-refractivity contribution in [3.05, 3.63) is 237 Å². The van der Waals surface area contributed by atoms with Crippen molar-refractivity contribution in [1.82, 2.24) is 0 Å². The number of anilines is 3. The first-order valence-electron chi connectivity index (χ1n) is 21.4. The van der Waals surface area contributed by atoms with Gasteiger partial charge in [0.25, 0.3) is 0 Å². The average Bonchev–Trinajstić information content (AvgIpc) is 3.94. The summed E-state index contributed by atoms with van der Waals surface area (Å²) in [5, 5.41) is 4.51. The number of hydrogen-bond acceptors (Lipinski definition) is 3. The number of fused-ring (bicyclic) bond motifs is 6. The van der Waals surface area contributed by atoms with Crippen LogP contribution in [0.25, 0.3) is 99.5 Å². The fourth-order valence-electron chi connectivity index (χ4n) is 9.25. The van der Waals surface area contributed by atoms with Gasteiger partial charge in [-0.25, -0.2) is 0 Å². The van der Waals surface area contributed by atoms with Crippen LogP contribution >= 0.6 is 0 Å². The molecule has 0 bridgehead atoms. The van der Waals surface area contributed by atoms with Crippen LogP contribution in [0.15, 0.2) is 245 Å². The van der Waals surface area contributed by atoms with E-state index in [1.165, 1.54) is 11.1 Å². The summed E-state index contributed by atoms with van der Waals surface area (Å²) in [6.07, 6.45) is 0. The van der Waals surface area contributed by atoms with Gasteiger partial charge in [-0.3, -0.25) is 0 Å². The van der Waals surface area contributed by atoms with E-state index in [0.717, 1.165) is 105 Å². The fraction of sp³-hybridized carbons (Fsp3) is 0. The van der Waals surface area contributed by atoms with E-state index in [-0.39, 0.29) is 0 Å². The molecule has 0 aliphatic rings. The monoisotopic (exact) mass is 805 g/mol. The van der Waals surface area contributed by atoms with Gasteiger partial charge in [-0.2, -0.15) is 0 Å². The zero-order valence-corrected chi connectivity index (χ0v) is 34.3. The van der Waals surface area contributed by atoms with Crippen molar-refractivity contribution in [2.45, 2.75) is 0 Å². The number of nitrogens with zero attached hydrogens (tertiary/aromatic N) is 1. The van der Waals surface area contributed by atoms with E-state index in [4.69, 9.17) is 8.83 Å². The molecule has 0 saturated carbocycles. The van der Waals surface area contributed by atoms with Gasteiger partial charge >= 0.3 is 0 Å². The van der Waals surface area contributed by atoms with Crippen LogP contribution in [-0.4, -0.2) is 0 Å². The minimum Gasteiger partial charge on any atom is -0.455 e. The van der Waals surface area contributed by atoms with E-state index in [1.54, 1.807) is 0 Å². The van der Waals surface area contributed by atoms with Crippen LogP contribution in [0, 0.1) is 0 Å². The highest BCUT2D eigenvalue weighted by Gasteiger charge is 2.19. The molecule has 0 N–H and O–H groups in total. The Morgan fingerprint density at radius 1 is 0.238 bits per heavy atom. The lowest BCUT2D eigenvalue weighted by molar-refractivity contribution is 0.669. The summed E-state index contributed by atoms with van der Waals surface area (Å²) in [6, 6.07) is 84.1. The van der Waals surface area contributed by atoms with Crippen molar-refractivity contribution in [1.29, 1.82) is 0 Å². The molecule has 12 aromatic rings. The first kappa shape index (κ1) is 36.5. The number of benzene rings is 10. The molecule has 2 heterocycles. The number of rotatable bonds is 8. The topological polar surface area (TPSA) is 29.5 Å². The first-order valence-corrected chi connectivity index (χ1v) is 21.4. The Morgan fingerprint density at radius 2 is 0.651 bits per heavy atom. The Balaban J connectivity index is 0.989. The third kappa shape index (κ3) is 6.46. The highest BCUT2D eigenvalue weighted by atomic mass is 16.3. The molecular formula is C60H39NO2. The summed E-state index contributed by atoms with van der Waals surface area (Å²) >= 11 is 0. The normalized spacial score (nSPS) is 11.5. The van der Waals surface area contributed by atoms with Crippen molar-refractivity contribution in [2.24, 2.45) is 0 Å². The van der Waals surface area contributed by atoms with Crippen LogP contribution in [0.5, 0.6) is 0 Å². The van der Waals surface area contributed by atoms with E-state index in [2.05, 4.69) is 217 Å². The highest BCUT2D eigenvalue weighted by molar-refractivity contribution is 6.11. The Hall–Kier alpha value is -8.40.